The molecule has 4 heteroatoms. The SMILES string of the molecule is O/N=C1/C=C(c2ccc(O)cc2O)CC1. The van der Waals surface area contributed by atoms with Crippen molar-refractivity contribution < 1.29 is 15.4 Å². The van der Waals surface area contributed by atoms with Crippen LogP contribution in [-0.2, 0) is 0 Å². The molecule has 0 bridgehead atoms. The lowest BCUT2D eigenvalue weighted by Crippen LogP contribution is -1.83. The number of phenolic OH excluding ortho intramolecular Hbond substituents is 2. The van der Waals surface area contributed by atoms with E-state index in [4.69, 9.17) is 10.3 Å². The van der Waals surface area contributed by atoms with Gasteiger partial charge in [0.2, 0.25) is 0 Å². The Bertz CT molecular complexity index is 449. The second-order valence-electron chi connectivity index (χ2n) is 3.46. The molecule has 1 aliphatic rings. The number of benzene rings is 1. The highest BCUT2D eigenvalue weighted by Crippen LogP contribution is 2.34. The summed E-state index contributed by atoms with van der Waals surface area (Å²) < 4.78 is 0. The van der Waals surface area contributed by atoms with Gasteiger partial charge in [-0.15, -0.1) is 0 Å². The maximum atomic E-state index is 9.61. The Morgan fingerprint density at radius 1 is 1.13 bits per heavy atom. The predicted molar refractivity (Wildman–Crippen MR) is 56.2 cm³/mol. The fourth-order valence-corrected chi connectivity index (χ4v) is 1.69. The number of aromatic hydroxyl groups is 2. The van der Waals surface area contributed by atoms with E-state index in [1.165, 1.54) is 12.1 Å². The van der Waals surface area contributed by atoms with E-state index in [0.29, 0.717) is 17.7 Å². The van der Waals surface area contributed by atoms with Gasteiger partial charge in [-0.3, -0.25) is 0 Å². The van der Waals surface area contributed by atoms with E-state index in [-0.39, 0.29) is 11.5 Å². The van der Waals surface area contributed by atoms with Crippen molar-refractivity contribution in [3.05, 3.63) is 29.8 Å². The Morgan fingerprint density at radius 2 is 1.93 bits per heavy atom. The molecular weight excluding hydrogens is 194 g/mol. The standard InChI is InChI=1S/C11H11NO3/c13-9-3-4-10(11(14)6-9)7-1-2-8(5-7)12-15/h3-6,13-15H,1-2H2/b12-8+. The van der Waals surface area contributed by atoms with Gasteiger partial charge in [-0.25, -0.2) is 0 Å². The van der Waals surface area contributed by atoms with E-state index in [1.54, 1.807) is 12.1 Å². The van der Waals surface area contributed by atoms with E-state index in [9.17, 15) is 5.11 Å². The van der Waals surface area contributed by atoms with Crippen LogP contribution in [0.5, 0.6) is 11.5 Å². The molecule has 1 aliphatic carbocycles. The molecule has 0 radical (unpaired) electrons. The van der Waals surface area contributed by atoms with Gasteiger partial charge >= 0.3 is 0 Å². The first kappa shape index (κ1) is 9.58. The Kier molecular flexibility index (Phi) is 2.33. The van der Waals surface area contributed by atoms with Crippen molar-refractivity contribution in [1.82, 2.24) is 0 Å². The van der Waals surface area contributed by atoms with Gasteiger partial charge < -0.3 is 15.4 Å². The molecule has 2 rings (SSSR count). The van der Waals surface area contributed by atoms with Gasteiger partial charge in [0.1, 0.15) is 11.5 Å². The number of oxime groups is 1. The highest BCUT2D eigenvalue weighted by atomic mass is 16.4. The molecule has 0 atom stereocenters. The minimum absolute atomic E-state index is 0.0332. The van der Waals surface area contributed by atoms with Gasteiger partial charge in [0.05, 0.1) is 5.71 Å². The molecule has 0 unspecified atom stereocenters. The van der Waals surface area contributed by atoms with Crippen LogP contribution in [0.3, 0.4) is 0 Å². The average Bonchev–Trinajstić information content (AvgIpc) is 2.66. The van der Waals surface area contributed by atoms with Crippen molar-refractivity contribution in [2.24, 2.45) is 5.16 Å². The molecule has 0 aliphatic heterocycles. The molecule has 4 nitrogen and oxygen atoms in total. The number of hydrogen-bond acceptors (Lipinski definition) is 4. The van der Waals surface area contributed by atoms with Gasteiger partial charge in [-0.2, -0.15) is 0 Å². The van der Waals surface area contributed by atoms with E-state index in [2.05, 4.69) is 5.16 Å². The number of rotatable bonds is 1. The van der Waals surface area contributed by atoms with Crippen LogP contribution < -0.4 is 0 Å². The van der Waals surface area contributed by atoms with Gasteiger partial charge in [-0.1, -0.05) is 5.16 Å². The molecule has 0 saturated carbocycles. The van der Waals surface area contributed by atoms with Crippen LogP contribution in [0.15, 0.2) is 29.4 Å². The van der Waals surface area contributed by atoms with Crippen molar-refractivity contribution >= 4 is 11.3 Å². The molecule has 0 saturated heterocycles. The summed E-state index contributed by atoms with van der Waals surface area (Å²) in [5, 5.41) is 30.4. The topological polar surface area (TPSA) is 73.1 Å². The summed E-state index contributed by atoms with van der Waals surface area (Å²) in [6.07, 6.45) is 3.15. The number of nitrogens with zero attached hydrogens (tertiary/aromatic N) is 1. The Balaban J connectivity index is 2.39. The lowest BCUT2D eigenvalue weighted by atomic mass is 10.0. The second-order valence-corrected chi connectivity index (χ2v) is 3.46. The highest BCUT2D eigenvalue weighted by molar-refractivity contribution is 6.05. The lowest BCUT2D eigenvalue weighted by Gasteiger charge is -2.04. The molecule has 0 spiro atoms. The number of allylic oxidation sites excluding steroid dienone is 2. The third-order valence-electron chi connectivity index (χ3n) is 2.45. The van der Waals surface area contributed by atoms with Gasteiger partial charge in [0.15, 0.2) is 0 Å². The summed E-state index contributed by atoms with van der Waals surface area (Å²) in [6, 6.07) is 4.46. The lowest BCUT2D eigenvalue weighted by molar-refractivity contribution is 0.318. The summed E-state index contributed by atoms with van der Waals surface area (Å²) in [5.41, 5.74) is 2.20. The molecule has 0 fully saturated rings. The molecule has 1 aromatic rings. The van der Waals surface area contributed by atoms with Crippen molar-refractivity contribution in [2.75, 3.05) is 0 Å². The van der Waals surface area contributed by atoms with Crippen LogP contribution in [-0.4, -0.2) is 21.1 Å². The van der Waals surface area contributed by atoms with E-state index >= 15 is 0 Å². The molecule has 0 aromatic heterocycles. The molecule has 1 aromatic carbocycles. The fourth-order valence-electron chi connectivity index (χ4n) is 1.69. The van der Waals surface area contributed by atoms with E-state index in [0.717, 1.165) is 12.0 Å². The summed E-state index contributed by atoms with van der Waals surface area (Å²) in [7, 11) is 0. The summed E-state index contributed by atoms with van der Waals surface area (Å²) in [6.45, 7) is 0. The molecule has 3 N–H and O–H groups in total. The second kappa shape index (κ2) is 3.65. The van der Waals surface area contributed by atoms with Gasteiger partial charge in [-0.05, 0) is 36.6 Å². The average molecular weight is 205 g/mol. The normalized spacial score (nSPS) is 18.1. The fraction of sp³-hybridized carbons (Fsp3) is 0.182. The maximum absolute atomic E-state index is 9.61. The first-order chi connectivity index (χ1) is 7.20. The van der Waals surface area contributed by atoms with Gasteiger partial charge in [0, 0.05) is 11.6 Å². The minimum atomic E-state index is 0.0332. The van der Waals surface area contributed by atoms with Crippen molar-refractivity contribution in [3.8, 4) is 11.5 Å². The summed E-state index contributed by atoms with van der Waals surface area (Å²) in [4.78, 5) is 0. The molecule has 78 valence electrons. The van der Waals surface area contributed by atoms with Crippen molar-refractivity contribution in [1.29, 1.82) is 0 Å². The minimum Gasteiger partial charge on any atom is -0.508 e. The Hall–Kier alpha value is -1.97. The van der Waals surface area contributed by atoms with Crippen LogP contribution in [0.1, 0.15) is 18.4 Å². The zero-order chi connectivity index (χ0) is 10.8. The smallest absolute Gasteiger partial charge is 0.126 e. The maximum Gasteiger partial charge on any atom is 0.126 e. The molecular formula is C11H11NO3. The monoisotopic (exact) mass is 205 g/mol. The highest BCUT2D eigenvalue weighted by Gasteiger charge is 2.15. The van der Waals surface area contributed by atoms with Crippen LogP contribution in [0.2, 0.25) is 0 Å². The quantitative estimate of drug-likeness (QED) is 0.485. The molecule has 0 heterocycles. The van der Waals surface area contributed by atoms with Crippen LogP contribution in [0, 0.1) is 0 Å². The first-order valence-corrected chi connectivity index (χ1v) is 4.64. The van der Waals surface area contributed by atoms with Crippen molar-refractivity contribution in [3.63, 3.8) is 0 Å². The predicted octanol–water partition coefficient (Wildman–Crippen LogP) is 2.11. The largest absolute Gasteiger partial charge is 0.508 e. The van der Waals surface area contributed by atoms with Crippen molar-refractivity contribution in [2.45, 2.75) is 12.8 Å². The van der Waals surface area contributed by atoms with Crippen LogP contribution in [0.25, 0.3) is 5.57 Å². The Labute approximate surface area is 86.8 Å². The number of phenols is 2. The van der Waals surface area contributed by atoms with Crippen LogP contribution in [0.4, 0.5) is 0 Å². The van der Waals surface area contributed by atoms with Crippen LogP contribution >= 0.6 is 0 Å². The van der Waals surface area contributed by atoms with E-state index < -0.39 is 0 Å². The van der Waals surface area contributed by atoms with Gasteiger partial charge in [0.25, 0.3) is 0 Å². The zero-order valence-electron chi connectivity index (χ0n) is 8.01. The Morgan fingerprint density at radius 3 is 2.53 bits per heavy atom. The summed E-state index contributed by atoms with van der Waals surface area (Å²) in [5.74, 6) is 0.0753. The zero-order valence-corrected chi connectivity index (χ0v) is 8.01. The molecule has 0 amide bonds. The van der Waals surface area contributed by atoms with E-state index in [1.807, 2.05) is 0 Å². The summed E-state index contributed by atoms with van der Waals surface area (Å²) >= 11 is 0. The third kappa shape index (κ3) is 1.79. The number of hydrogen-bond donors (Lipinski definition) is 3. The molecule has 15 heavy (non-hydrogen) atoms. The third-order valence-corrected chi connectivity index (χ3v) is 2.45. The first-order valence-electron chi connectivity index (χ1n) is 4.64.